The molecule has 0 radical (unpaired) electrons. The number of carboxylic acid groups (broad SMARTS) is 1. The van der Waals surface area contributed by atoms with Crippen LogP contribution in [0.2, 0.25) is 0 Å². The second kappa shape index (κ2) is 15.5. The van der Waals surface area contributed by atoms with Crippen LogP contribution < -0.4 is 38.9 Å². The maximum absolute atomic E-state index is 12.9. The van der Waals surface area contributed by atoms with Gasteiger partial charge in [0.25, 0.3) is 0 Å². The van der Waals surface area contributed by atoms with Crippen LogP contribution >= 0.6 is 0 Å². The number of rotatable bonds is 16. The fourth-order valence-electron chi connectivity index (χ4n) is 2.94. The second-order valence-electron chi connectivity index (χ2n) is 8.91. The normalized spacial score (nSPS) is 14.4. The summed E-state index contributed by atoms with van der Waals surface area (Å²) in [5.74, 6) is -4.74. The van der Waals surface area contributed by atoms with Crippen molar-refractivity contribution >= 4 is 35.6 Å². The number of carbonyl (C=O) groups excluding carboxylic acids is 4. The summed E-state index contributed by atoms with van der Waals surface area (Å²) in [6, 6.07) is -4.42. The molecule has 35 heavy (non-hydrogen) atoms. The van der Waals surface area contributed by atoms with Crippen LogP contribution in [-0.2, 0) is 24.0 Å². The topological polar surface area (TPSA) is 258 Å². The highest BCUT2D eigenvalue weighted by Crippen LogP contribution is 2.08. The number of nitrogens with zero attached hydrogens (tertiary/aromatic N) is 1. The fraction of sp³-hybridized carbons (Fsp3) is 0.714. The molecule has 4 atom stereocenters. The molecule has 0 bridgehead atoms. The highest BCUT2D eigenvalue weighted by atomic mass is 16.4. The number of nitrogens with one attached hydrogen (secondary N) is 3. The first-order chi connectivity index (χ1) is 16.2. The lowest BCUT2D eigenvalue weighted by Crippen LogP contribution is -2.58. The first-order valence-corrected chi connectivity index (χ1v) is 11.4. The lowest BCUT2D eigenvalue weighted by atomic mass is 10.0. The molecular weight excluding hydrogens is 460 g/mol. The average Bonchev–Trinajstić information content (AvgIpc) is 2.74. The minimum Gasteiger partial charge on any atom is -0.480 e. The number of hydrogen-bond acceptors (Lipinski definition) is 7. The molecule has 14 heteroatoms. The van der Waals surface area contributed by atoms with E-state index >= 15 is 0 Å². The van der Waals surface area contributed by atoms with Crippen LogP contribution in [0.15, 0.2) is 4.99 Å². The smallest absolute Gasteiger partial charge is 0.326 e. The molecule has 4 amide bonds. The lowest BCUT2D eigenvalue weighted by molar-refractivity contribution is -0.142. The van der Waals surface area contributed by atoms with Gasteiger partial charge in [0.05, 0.1) is 6.04 Å². The molecule has 0 saturated heterocycles. The number of amides is 4. The number of hydrogen-bond donors (Lipinski definition) is 8. The highest BCUT2D eigenvalue weighted by Gasteiger charge is 2.32. The number of guanidine groups is 1. The molecule has 0 heterocycles. The van der Waals surface area contributed by atoms with Crippen molar-refractivity contribution in [1.29, 1.82) is 0 Å². The van der Waals surface area contributed by atoms with Gasteiger partial charge in [-0.25, -0.2) is 4.79 Å². The quantitative estimate of drug-likeness (QED) is 0.0631. The summed E-state index contributed by atoms with van der Waals surface area (Å²) < 4.78 is 0. The first kappa shape index (κ1) is 31.6. The summed E-state index contributed by atoms with van der Waals surface area (Å²) in [7, 11) is 0. The van der Waals surface area contributed by atoms with Crippen molar-refractivity contribution < 1.29 is 29.1 Å². The third-order valence-corrected chi connectivity index (χ3v) is 5.14. The maximum atomic E-state index is 12.9. The number of primary amides is 1. The molecule has 0 aliphatic carbocycles. The van der Waals surface area contributed by atoms with Crippen molar-refractivity contribution in [2.75, 3.05) is 6.54 Å². The van der Waals surface area contributed by atoms with Gasteiger partial charge in [0.1, 0.15) is 18.1 Å². The van der Waals surface area contributed by atoms with E-state index in [2.05, 4.69) is 20.9 Å². The zero-order valence-corrected chi connectivity index (χ0v) is 20.7. The zero-order valence-electron chi connectivity index (χ0n) is 20.7. The largest absolute Gasteiger partial charge is 0.480 e. The number of carbonyl (C=O) groups is 5. The molecule has 0 aromatic rings. The van der Waals surface area contributed by atoms with E-state index in [0.29, 0.717) is 6.42 Å². The Bertz CT molecular complexity index is 782. The third-order valence-electron chi connectivity index (χ3n) is 5.14. The molecule has 0 spiro atoms. The Kier molecular flexibility index (Phi) is 14.0. The maximum Gasteiger partial charge on any atom is 0.326 e. The van der Waals surface area contributed by atoms with Gasteiger partial charge in [-0.05, 0) is 31.1 Å². The zero-order chi connectivity index (χ0) is 27.3. The monoisotopic (exact) mass is 500 g/mol. The molecule has 0 aromatic carbocycles. The first-order valence-electron chi connectivity index (χ1n) is 11.4. The third kappa shape index (κ3) is 12.6. The molecule has 0 saturated carbocycles. The van der Waals surface area contributed by atoms with Gasteiger partial charge in [-0.3, -0.25) is 24.2 Å². The van der Waals surface area contributed by atoms with E-state index in [-0.39, 0.29) is 37.7 Å². The van der Waals surface area contributed by atoms with Gasteiger partial charge in [0, 0.05) is 13.0 Å². The minimum absolute atomic E-state index is 0.0565. The summed E-state index contributed by atoms with van der Waals surface area (Å²) in [5, 5.41) is 16.9. The summed E-state index contributed by atoms with van der Waals surface area (Å²) in [6.45, 7) is 6.97. The van der Waals surface area contributed by atoms with Crippen LogP contribution in [0.3, 0.4) is 0 Å². The van der Waals surface area contributed by atoms with E-state index < -0.39 is 59.7 Å². The lowest BCUT2D eigenvalue weighted by Gasteiger charge is -2.27. The van der Waals surface area contributed by atoms with Gasteiger partial charge in [-0.1, -0.05) is 27.7 Å². The fourth-order valence-corrected chi connectivity index (χ4v) is 2.94. The molecule has 200 valence electrons. The Hall–Kier alpha value is -3.42. The Labute approximate surface area is 205 Å². The van der Waals surface area contributed by atoms with Crippen LogP contribution in [0, 0.1) is 11.8 Å². The molecule has 0 aliphatic heterocycles. The summed E-state index contributed by atoms with van der Waals surface area (Å²) in [4.78, 5) is 64.8. The Morgan fingerprint density at radius 3 is 1.83 bits per heavy atom. The molecule has 0 aromatic heterocycles. The minimum atomic E-state index is -1.26. The van der Waals surface area contributed by atoms with Crippen LogP contribution in [0.25, 0.3) is 0 Å². The summed E-state index contributed by atoms with van der Waals surface area (Å²) >= 11 is 0. The van der Waals surface area contributed by atoms with E-state index in [0.717, 1.165) is 0 Å². The number of aliphatic carboxylic acids is 1. The van der Waals surface area contributed by atoms with E-state index in [9.17, 15) is 29.1 Å². The molecular formula is C21H40N8O6. The predicted octanol–water partition coefficient (Wildman–Crippen LogP) is -2.52. The molecule has 0 aliphatic rings. The Morgan fingerprint density at radius 1 is 0.800 bits per heavy atom. The average molecular weight is 501 g/mol. The van der Waals surface area contributed by atoms with Crippen molar-refractivity contribution in [3.05, 3.63) is 0 Å². The second-order valence-corrected chi connectivity index (χ2v) is 8.91. The van der Waals surface area contributed by atoms with Crippen LogP contribution in [0.5, 0.6) is 0 Å². The van der Waals surface area contributed by atoms with Crippen molar-refractivity contribution in [3.8, 4) is 0 Å². The van der Waals surface area contributed by atoms with E-state index in [4.69, 9.17) is 22.9 Å². The van der Waals surface area contributed by atoms with Crippen molar-refractivity contribution in [2.45, 2.75) is 77.5 Å². The van der Waals surface area contributed by atoms with Gasteiger partial charge < -0.3 is 44.0 Å². The van der Waals surface area contributed by atoms with E-state index in [1.54, 1.807) is 27.7 Å². The van der Waals surface area contributed by atoms with Gasteiger partial charge in [-0.2, -0.15) is 0 Å². The highest BCUT2D eigenvalue weighted by molar-refractivity contribution is 5.94. The Morgan fingerprint density at radius 2 is 1.37 bits per heavy atom. The number of nitrogens with two attached hydrogens (primary N) is 4. The molecule has 0 fully saturated rings. The van der Waals surface area contributed by atoms with Gasteiger partial charge in [-0.15, -0.1) is 0 Å². The van der Waals surface area contributed by atoms with Crippen LogP contribution in [0.4, 0.5) is 0 Å². The number of carboxylic acids is 1. The van der Waals surface area contributed by atoms with Crippen LogP contribution in [-0.4, -0.2) is 71.4 Å². The van der Waals surface area contributed by atoms with Gasteiger partial charge >= 0.3 is 5.97 Å². The molecule has 4 unspecified atom stereocenters. The van der Waals surface area contributed by atoms with E-state index in [1.807, 2.05) is 0 Å². The van der Waals surface area contributed by atoms with Crippen LogP contribution in [0.1, 0.15) is 53.4 Å². The molecule has 14 nitrogen and oxygen atoms in total. The number of aliphatic imine (C=N–C) groups is 1. The molecule has 0 rings (SSSR count). The summed E-state index contributed by atoms with van der Waals surface area (Å²) in [5.41, 5.74) is 21.5. The van der Waals surface area contributed by atoms with Gasteiger partial charge in [0.2, 0.25) is 23.6 Å². The predicted molar refractivity (Wildman–Crippen MR) is 129 cm³/mol. The molecule has 12 N–H and O–H groups in total. The van der Waals surface area contributed by atoms with E-state index in [1.165, 1.54) is 0 Å². The Balaban J connectivity index is 5.43. The summed E-state index contributed by atoms with van der Waals surface area (Å²) in [6.07, 6.45) is 0.0591. The van der Waals surface area contributed by atoms with Crippen molar-refractivity contribution in [2.24, 2.45) is 39.8 Å². The standard InChI is InChI=1S/C21H40N8O6/c1-10(2)15(23)18(32)27-12(7-8-14(22)30)17(31)29-16(11(3)4)19(33)28-13(20(34)35)6-5-9-26-21(24)25/h10-13,15-16H,5-9,23H2,1-4H3,(H2,22,30)(H,27,32)(H,28,33)(H,29,31)(H,34,35)(H4,24,25,26). The van der Waals surface area contributed by atoms with Crippen molar-refractivity contribution in [3.63, 3.8) is 0 Å². The van der Waals surface area contributed by atoms with Gasteiger partial charge in [0.15, 0.2) is 5.96 Å². The van der Waals surface area contributed by atoms with Crippen molar-refractivity contribution in [1.82, 2.24) is 16.0 Å². The SMILES string of the molecule is CC(C)C(N)C(=O)NC(CCC(N)=O)C(=O)NC(C(=O)NC(CCCN=C(N)N)C(=O)O)C(C)C.